The number of rotatable bonds is 8. The SMILES string of the molecule is CCCCOC(=O)c1ccccc1NC(=O)/C(C#N)=C\NC1CC1. The molecule has 0 bridgehead atoms. The number of anilines is 1. The number of hydrogen-bond donors (Lipinski definition) is 2. The Kier molecular flexibility index (Phi) is 6.38. The van der Waals surface area contributed by atoms with E-state index in [1.54, 1.807) is 24.3 Å². The van der Waals surface area contributed by atoms with Crippen molar-refractivity contribution in [1.29, 1.82) is 5.26 Å². The van der Waals surface area contributed by atoms with E-state index in [1.807, 2.05) is 13.0 Å². The average molecular weight is 327 g/mol. The van der Waals surface area contributed by atoms with Gasteiger partial charge < -0.3 is 15.4 Å². The molecule has 0 spiro atoms. The molecular formula is C18H21N3O3. The molecule has 0 aromatic heterocycles. The van der Waals surface area contributed by atoms with Gasteiger partial charge in [-0.3, -0.25) is 4.79 Å². The molecule has 0 heterocycles. The van der Waals surface area contributed by atoms with Crippen LogP contribution >= 0.6 is 0 Å². The van der Waals surface area contributed by atoms with Gasteiger partial charge in [-0.2, -0.15) is 5.26 Å². The predicted molar refractivity (Wildman–Crippen MR) is 90.1 cm³/mol. The molecule has 0 radical (unpaired) electrons. The molecule has 0 atom stereocenters. The van der Waals surface area contributed by atoms with Crippen molar-refractivity contribution in [2.45, 2.75) is 38.6 Å². The van der Waals surface area contributed by atoms with Gasteiger partial charge in [-0.15, -0.1) is 0 Å². The second kappa shape index (κ2) is 8.73. The molecule has 1 saturated carbocycles. The molecule has 1 aromatic rings. The highest BCUT2D eigenvalue weighted by Crippen LogP contribution is 2.19. The molecule has 1 amide bonds. The number of nitrogens with one attached hydrogen (secondary N) is 2. The molecule has 6 heteroatoms. The van der Waals surface area contributed by atoms with E-state index in [0.717, 1.165) is 25.7 Å². The van der Waals surface area contributed by atoms with Gasteiger partial charge in [0.2, 0.25) is 0 Å². The fourth-order valence-corrected chi connectivity index (χ4v) is 1.95. The first-order valence-corrected chi connectivity index (χ1v) is 8.09. The number of carbonyl (C=O) groups is 2. The van der Waals surface area contributed by atoms with Gasteiger partial charge in [-0.25, -0.2) is 4.79 Å². The van der Waals surface area contributed by atoms with Crippen molar-refractivity contribution in [3.8, 4) is 6.07 Å². The first kappa shape index (κ1) is 17.5. The summed E-state index contributed by atoms with van der Waals surface area (Å²) in [5.74, 6) is -1.04. The minimum Gasteiger partial charge on any atom is -0.462 e. The smallest absolute Gasteiger partial charge is 0.340 e. The lowest BCUT2D eigenvalue weighted by atomic mass is 10.1. The molecule has 0 aliphatic heterocycles. The fraction of sp³-hybridized carbons (Fsp3) is 0.389. The van der Waals surface area contributed by atoms with E-state index in [0.29, 0.717) is 18.3 Å². The van der Waals surface area contributed by atoms with Gasteiger partial charge in [-0.05, 0) is 31.4 Å². The van der Waals surface area contributed by atoms with Crippen LogP contribution in [0.3, 0.4) is 0 Å². The summed E-state index contributed by atoms with van der Waals surface area (Å²) in [5, 5.41) is 14.7. The first-order chi connectivity index (χ1) is 11.7. The van der Waals surface area contributed by atoms with Crippen molar-refractivity contribution in [2.75, 3.05) is 11.9 Å². The normalized spacial score (nSPS) is 13.8. The van der Waals surface area contributed by atoms with Crippen LogP contribution in [0.15, 0.2) is 36.0 Å². The molecule has 1 aliphatic carbocycles. The van der Waals surface area contributed by atoms with Gasteiger partial charge in [0.25, 0.3) is 5.91 Å². The lowest BCUT2D eigenvalue weighted by molar-refractivity contribution is -0.112. The fourth-order valence-electron chi connectivity index (χ4n) is 1.95. The molecule has 0 unspecified atom stereocenters. The highest BCUT2D eigenvalue weighted by Gasteiger charge is 2.21. The Labute approximate surface area is 141 Å². The molecule has 126 valence electrons. The maximum Gasteiger partial charge on any atom is 0.340 e. The summed E-state index contributed by atoms with van der Waals surface area (Å²) in [6.07, 6.45) is 5.23. The van der Waals surface area contributed by atoms with E-state index < -0.39 is 11.9 Å². The monoisotopic (exact) mass is 327 g/mol. The number of carbonyl (C=O) groups excluding carboxylic acids is 2. The van der Waals surface area contributed by atoms with Crippen LogP contribution in [-0.2, 0) is 9.53 Å². The van der Waals surface area contributed by atoms with E-state index in [1.165, 1.54) is 6.20 Å². The molecule has 2 N–H and O–H groups in total. The van der Waals surface area contributed by atoms with E-state index in [9.17, 15) is 9.59 Å². The van der Waals surface area contributed by atoms with Crippen molar-refractivity contribution >= 4 is 17.6 Å². The van der Waals surface area contributed by atoms with Crippen LogP contribution in [-0.4, -0.2) is 24.5 Å². The summed E-state index contributed by atoms with van der Waals surface area (Å²) >= 11 is 0. The molecular weight excluding hydrogens is 306 g/mol. The van der Waals surface area contributed by atoms with Crippen molar-refractivity contribution in [2.24, 2.45) is 0 Å². The Balaban J connectivity index is 2.05. The summed E-state index contributed by atoms with van der Waals surface area (Å²) in [6.45, 7) is 2.35. The molecule has 6 nitrogen and oxygen atoms in total. The maximum atomic E-state index is 12.2. The highest BCUT2D eigenvalue weighted by atomic mass is 16.5. The molecule has 0 saturated heterocycles. The summed E-state index contributed by atoms with van der Waals surface area (Å²) in [4.78, 5) is 24.3. The number of unbranched alkanes of at least 4 members (excludes halogenated alkanes) is 1. The lowest BCUT2D eigenvalue weighted by Crippen LogP contribution is -2.19. The third-order valence-electron chi connectivity index (χ3n) is 3.53. The molecule has 1 aromatic carbocycles. The molecule has 24 heavy (non-hydrogen) atoms. The first-order valence-electron chi connectivity index (χ1n) is 8.09. The van der Waals surface area contributed by atoms with E-state index in [-0.39, 0.29) is 11.1 Å². The Morgan fingerprint density at radius 3 is 2.79 bits per heavy atom. The topological polar surface area (TPSA) is 91.2 Å². The predicted octanol–water partition coefficient (Wildman–Crippen LogP) is 2.74. The largest absolute Gasteiger partial charge is 0.462 e. The number of amides is 1. The molecule has 1 aliphatic rings. The number of hydrogen-bond acceptors (Lipinski definition) is 5. The van der Waals surface area contributed by atoms with Gasteiger partial charge in [0, 0.05) is 12.2 Å². The second-order valence-corrected chi connectivity index (χ2v) is 5.60. The summed E-state index contributed by atoms with van der Waals surface area (Å²) in [5.41, 5.74) is 0.571. The minimum atomic E-state index is -0.556. The van der Waals surface area contributed by atoms with Crippen LogP contribution in [0.5, 0.6) is 0 Å². The number of nitrogens with zero attached hydrogens (tertiary/aromatic N) is 1. The van der Waals surface area contributed by atoms with Gasteiger partial charge in [-0.1, -0.05) is 25.5 Å². The van der Waals surface area contributed by atoms with Gasteiger partial charge in [0.1, 0.15) is 11.6 Å². The van der Waals surface area contributed by atoms with Crippen molar-refractivity contribution < 1.29 is 14.3 Å². The minimum absolute atomic E-state index is 0.0314. The highest BCUT2D eigenvalue weighted by molar-refractivity contribution is 6.09. The van der Waals surface area contributed by atoms with Gasteiger partial charge in [0.05, 0.1) is 17.9 Å². The van der Waals surface area contributed by atoms with E-state index in [2.05, 4.69) is 10.6 Å². The molecule has 1 fully saturated rings. The van der Waals surface area contributed by atoms with Crippen LogP contribution in [0.2, 0.25) is 0 Å². The summed E-state index contributed by atoms with van der Waals surface area (Å²) in [7, 11) is 0. The number of ether oxygens (including phenoxy) is 1. The van der Waals surface area contributed by atoms with Crippen LogP contribution in [0, 0.1) is 11.3 Å². The quantitative estimate of drug-likeness (QED) is 0.331. The maximum absolute atomic E-state index is 12.2. The van der Waals surface area contributed by atoms with Gasteiger partial charge >= 0.3 is 5.97 Å². The van der Waals surface area contributed by atoms with Crippen molar-refractivity contribution in [1.82, 2.24) is 5.32 Å². The van der Waals surface area contributed by atoms with Gasteiger partial charge in [0.15, 0.2) is 0 Å². The number of nitriles is 1. The zero-order valence-electron chi connectivity index (χ0n) is 13.7. The van der Waals surface area contributed by atoms with Crippen LogP contribution in [0.1, 0.15) is 43.0 Å². The number of para-hydroxylation sites is 1. The third-order valence-corrected chi connectivity index (χ3v) is 3.53. The van der Waals surface area contributed by atoms with Crippen LogP contribution < -0.4 is 10.6 Å². The standard InChI is InChI=1S/C18H21N3O3/c1-2-3-10-24-18(23)15-6-4-5-7-16(15)21-17(22)13(11-19)12-20-14-8-9-14/h4-7,12,14,20H,2-3,8-10H2,1H3,(H,21,22)/b13-12-. The van der Waals surface area contributed by atoms with E-state index in [4.69, 9.17) is 10.00 Å². The van der Waals surface area contributed by atoms with Crippen molar-refractivity contribution in [3.63, 3.8) is 0 Å². The van der Waals surface area contributed by atoms with Crippen molar-refractivity contribution in [3.05, 3.63) is 41.6 Å². The number of esters is 1. The zero-order chi connectivity index (χ0) is 17.4. The Morgan fingerprint density at radius 1 is 1.38 bits per heavy atom. The zero-order valence-corrected chi connectivity index (χ0v) is 13.7. The summed E-state index contributed by atoms with van der Waals surface area (Å²) in [6, 6.07) is 8.81. The lowest BCUT2D eigenvalue weighted by Gasteiger charge is -2.10. The third kappa shape index (κ3) is 5.13. The van der Waals surface area contributed by atoms with Crippen LogP contribution in [0.4, 0.5) is 5.69 Å². The Hall–Kier alpha value is -2.81. The molecule has 2 rings (SSSR count). The Bertz CT molecular complexity index is 672. The number of benzene rings is 1. The van der Waals surface area contributed by atoms with E-state index >= 15 is 0 Å². The Morgan fingerprint density at radius 2 is 2.12 bits per heavy atom. The average Bonchev–Trinajstić information content (AvgIpc) is 3.40. The van der Waals surface area contributed by atoms with Crippen LogP contribution in [0.25, 0.3) is 0 Å². The second-order valence-electron chi connectivity index (χ2n) is 5.60. The summed E-state index contributed by atoms with van der Waals surface area (Å²) < 4.78 is 5.18.